The molecule has 30 heavy (non-hydrogen) atoms. The Morgan fingerprint density at radius 1 is 1.10 bits per heavy atom. The van der Waals surface area contributed by atoms with Crippen molar-refractivity contribution in [2.24, 2.45) is 0 Å². The van der Waals surface area contributed by atoms with E-state index in [0.717, 1.165) is 15.3 Å². The van der Waals surface area contributed by atoms with Gasteiger partial charge in [-0.1, -0.05) is 18.2 Å². The molecular formula is C21H22N2O6S. The van der Waals surface area contributed by atoms with Gasteiger partial charge in [0.1, 0.15) is 24.6 Å². The number of nitrogens with zero attached hydrogens (tertiary/aromatic N) is 1. The summed E-state index contributed by atoms with van der Waals surface area (Å²) in [7, 11) is -2.52. The number of amides is 1. The van der Waals surface area contributed by atoms with Gasteiger partial charge in [0.25, 0.3) is 0 Å². The normalized spacial score (nSPS) is 14.6. The van der Waals surface area contributed by atoms with Gasteiger partial charge in [-0.2, -0.15) is 4.31 Å². The average Bonchev–Trinajstić information content (AvgIpc) is 3.17. The van der Waals surface area contributed by atoms with Crippen LogP contribution in [-0.4, -0.2) is 45.4 Å². The van der Waals surface area contributed by atoms with Crippen LogP contribution in [0.25, 0.3) is 11.0 Å². The number of fused-ring (bicyclic) bond motifs is 2. The number of rotatable bonds is 6. The first-order chi connectivity index (χ1) is 14.3. The van der Waals surface area contributed by atoms with Gasteiger partial charge in [-0.05, 0) is 31.2 Å². The topological polar surface area (TPSA) is 98.1 Å². The number of nitrogens with one attached hydrogen (secondary N) is 1. The van der Waals surface area contributed by atoms with Crippen LogP contribution in [0.1, 0.15) is 18.7 Å². The van der Waals surface area contributed by atoms with Gasteiger partial charge in [-0.15, -0.1) is 0 Å². The molecule has 1 N–H and O–H groups in total. The maximum Gasteiger partial charge on any atom is 0.243 e. The van der Waals surface area contributed by atoms with Crippen molar-refractivity contribution >= 4 is 26.9 Å². The predicted molar refractivity (Wildman–Crippen MR) is 110 cm³/mol. The molecule has 1 atom stereocenters. The van der Waals surface area contributed by atoms with Gasteiger partial charge >= 0.3 is 0 Å². The molecule has 2 aromatic carbocycles. The molecule has 0 aliphatic carbocycles. The third-order valence-electron chi connectivity index (χ3n) is 4.84. The van der Waals surface area contributed by atoms with Crippen molar-refractivity contribution in [3.63, 3.8) is 0 Å². The van der Waals surface area contributed by atoms with E-state index in [-0.39, 0.29) is 11.4 Å². The van der Waals surface area contributed by atoms with Gasteiger partial charge < -0.3 is 19.2 Å². The van der Waals surface area contributed by atoms with E-state index < -0.39 is 22.0 Å². The summed E-state index contributed by atoms with van der Waals surface area (Å²) < 4.78 is 43.3. The number of furan rings is 1. The third kappa shape index (κ3) is 3.99. The maximum atomic E-state index is 12.9. The molecule has 0 saturated carbocycles. The van der Waals surface area contributed by atoms with Crippen LogP contribution in [0.5, 0.6) is 11.5 Å². The summed E-state index contributed by atoms with van der Waals surface area (Å²) >= 11 is 0. The first-order valence-corrected chi connectivity index (χ1v) is 10.9. The molecule has 1 amide bonds. The lowest BCUT2D eigenvalue weighted by molar-refractivity contribution is -0.121. The summed E-state index contributed by atoms with van der Waals surface area (Å²) in [5.41, 5.74) is 0.729. The zero-order valence-electron chi connectivity index (χ0n) is 16.6. The van der Waals surface area contributed by atoms with Gasteiger partial charge in [-0.3, -0.25) is 4.79 Å². The smallest absolute Gasteiger partial charge is 0.243 e. The maximum absolute atomic E-state index is 12.9. The molecule has 158 valence electrons. The Labute approximate surface area is 174 Å². The lowest BCUT2D eigenvalue weighted by atomic mass is 10.2. The van der Waals surface area contributed by atoms with E-state index in [2.05, 4.69) is 5.32 Å². The number of hydrogen-bond acceptors (Lipinski definition) is 6. The minimum absolute atomic E-state index is 0.0346. The summed E-state index contributed by atoms with van der Waals surface area (Å²) in [4.78, 5) is 12.5. The monoisotopic (exact) mass is 430 g/mol. The van der Waals surface area contributed by atoms with Crippen molar-refractivity contribution in [2.75, 3.05) is 26.8 Å². The van der Waals surface area contributed by atoms with Crippen LogP contribution in [0, 0.1) is 0 Å². The third-order valence-corrected chi connectivity index (χ3v) is 6.64. The Morgan fingerprint density at radius 3 is 2.60 bits per heavy atom. The van der Waals surface area contributed by atoms with Crippen LogP contribution in [0.15, 0.2) is 57.8 Å². The van der Waals surface area contributed by atoms with Gasteiger partial charge in [0.2, 0.25) is 15.9 Å². The van der Waals surface area contributed by atoms with Gasteiger partial charge in [0.15, 0.2) is 11.5 Å². The fourth-order valence-corrected chi connectivity index (χ4v) is 4.37. The number of benzene rings is 2. The van der Waals surface area contributed by atoms with Crippen molar-refractivity contribution in [1.82, 2.24) is 9.62 Å². The Hall–Kier alpha value is -3.04. The van der Waals surface area contributed by atoms with E-state index in [9.17, 15) is 13.2 Å². The molecular weight excluding hydrogens is 408 g/mol. The van der Waals surface area contributed by atoms with Crippen LogP contribution in [-0.2, 0) is 14.8 Å². The lowest BCUT2D eigenvalue weighted by Crippen LogP contribution is -2.39. The molecule has 1 aliphatic rings. The number of sulfonamides is 1. The van der Waals surface area contributed by atoms with Crippen molar-refractivity contribution in [3.8, 4) is 11.5 Å². The number of likely N-dealkylation sites (N-methyl/N-ethyl adjacent to an activating group) is 1. The van der Waals surface area contributed by atoms with E-state index in [4.69, 9.17) is 13.9 Å². The van der Waals surface area contributed by atoms with Gasteiger partial charge in [0.05, 0.1) is 17.5 Å². The summed E-state index contributed by atoms with van der Waals surface area (Å²) in [6.45, 7) is 2.23. The minimum atomic E-state index is -3.87. The second kappa shape index (κ2) is 8.00. The number of ether oxygens (including phenoxy) is 2. The summed E-state index contributed by atoms with van der Waals surface area (Å²) in [5.74, 6) is 1.03. The Balaban J connectivity index is 1.43. The highest BCUT2D eigenvalue weighted by molar-refractivity contribution is 7.89. The standard InChI is InChI=1S/C21H22N2O6S/c1-14(19-11-15-5-3-4-6-17(15)29-19)22-21(24)13-23(2)30(25,26)16-7-8-18-20(12-16)28-10-9-27-18/h3-8,11-12,14H,9-10,13H2,1-2H3,(H,22,24). The summed E-state index contributed by atoms with van der Waals surface area (Å²) in [6.07, 6.45) is 0. The second-order valence-corrected chi connectivity index (χ2v) is 9.09. The molecule has 9 heteroatoms. The van der Waals surface area contributed by atoms with Gasteiger partial charge in [-0.25, -0.2) is 8.42 Å². The van der Waals surface area contributed by atoms with Crippen molar-refractivity contribution in [2.45, 2.75) is 17.9 Å². The quantitative estimate of drug-likeness (QED) is 0.646. The van der Waals surface area contributed by atoms with Crippen molar-refractivity contribution in [3.05, 3.63) is 54.3 Å². The number of carbonyl (C=O) groups excluding carboxylic acids is 1. The molecule has 0 spiro atoms. The molecule has 0 bridgehead atoms. The fourth-order valence-electron chi connectivity index (χ4n) is 3.23. The van der Waals surface area contributed by atoms with E-state index >= 15 is 0 Å². The van der Waals surface area contributed by atoms with Crippen LogP contribution in [0.3, 0.4) is 0 Å². The predicted octanol–water partition coefficient (Wildman–Crippen LogP) is 2.70. The van der Waals surface area contributed by atoms with Gasteiger partial charge in [0, 0.05) is 18.5 Å². The summed E-state index contributed by atoms with van der Waals surface area (Å²) in [6, 6.07) is 13.4. The van der Waals surface area contributed by atoms with Crippen molar-refractivity contribution < 1.29 is 27.1 Å². The average molecular weight is 430 g/mol. The van der Waals surface area contributed by atoms with Crippen LogP contribution in [0.2, 0.25) is 0 Å². The van der Waals surface area contributed by atoms with E-state index in [0.29, 0.717) is 30.5 Å². The highest BCUT2D eigenvalue weighted by Crippen LogP contribution is 2.33. The minimum Gasteiger partial charge on any atom is -0.486 e. The van der Waals surface area contributed by atoms with Crippen LogP contribution >= 0.6 is 0 Å². The fraction of sp³-hybridized carbons (Fsp3) is 0.286. The highest BCUT2D eigenvalue weighted by atomic mass is 32.2. The zero-order chi connectivity index (χ0) is 21.3. The SMILES string of the molecule is CC(NC(=O)CN(C)S(=O)(=O)c1ccc2c(c1)OCCO2)c1cc2ccccc2o1. The Bertz CT molecular complexity index is 1150. The largest absolute Gasteiger partial charge is 0.486 e. The number of hydrogen-bond donors (Lipinski definition) is 1. The Morgan fingerprint density at radius 2 is 1.83 bits per heavy atom. The van der Waals surface area contributed by atoms with E-state index in [1.54, 1.807) is 13.0 Å². The highest BCUT2D eigenvalue weighted by Gasteiger charge is 2.26. The molecule has 3 aromatic rings. The molecule has 1 unspecified atom stereocenters. The molecule has 1 aromatic heterocycles. The number of para-hydroxylation sites is 1. The molecule has 8 nitrogen and oxygen atoms in total. The Kier molecular flexibility index (Phi) is 5.40. The molecule has 1 aliphatic heterocycles. The molecule has 2 heterocycles. The molecule has 4 rings (SSSR count). The zero-order valence-corrected chi connectivity index (χ0v) is 17.4. The van der Waals surface area contributed by atoms with E-state index in [1.807, 2.05) is 30.3 Å². The first kappa shape index (κ1) is 20.2. The van der Waals surface area contributed by atoms with Crippen LogP contribution < -0.4 is 14.8 Å². The second-order valence-electron chi connectivity index (χ2n) is 7.04. The lowest BCUT2D eigenvalue weighted by Gasteiger charge is -2.21. The summed E-state index contributed by atoms with van der Waals surface area (Å²) in [5, 5.41) is 3.71. The van der Waals surface area contributed by atoms with Crippen molar-refractivity contribution in [1.29, 1.82) is 0 Å². The molecule has 0 saturated heterocycles. The van der Waals surface area contributed by atoms with Crippen LogP contribution in [0.4, 0.5) is 0 Å². The molecule has 0 radical (unpaired) electrons. The number of carbonyl (C=O) groups is 1. The van der Waals surface area contributed by atoms with E-state index in [1.165, 1.54) is 19.2 Å². The molecule has 0 fully saturated rings. The first-order valence-electron chi connectivity index (χ1n) is 9.48.